The first kappa shape index (κ1) is 13.2. The summed E-state index contributed by atoms with van der Waals surface area (Å²) in [6, 6.07) is 0.244. The summed E-state index contributed by atoms with van der Waals surface area (Å²) in [6.07, 6.45) is 1.84. The van der Waals surface area contributed by atoms with Crippen LogP contribution in [0.25, 0.3) is 0 Å². The molecule has 0 amide bonds. The maximum atomic E-state index is 9.90. The van der Waals surface area contributed by atoms with Crippen molar-refractivity contribution in [2.24, 2.45) is 0 Å². The van der Waals surface area contributed by atoms with E-state index in [9.17, 15) is 5.11 Å². The van der Waals surface area contributed by atoms with Gasteiger partial charge in [-0.3, -0.25) is 9.80 Å². The second kappa shape index (κ2) is 6.66. The van der Waals surface area contributed by atoms with Crippen molar-refractivity contribution in [3.8, 4) is 0 Å². The molecule has 0 aromatic heterocycles. The van der Waals surface area contributed by atoms with E-state index in [1.54, 1.807) is 0 Å². The Morgan fingerprint density at radius 3 is 2.47 bits per heavy atom. The SMILES string of the molecule is OCCN1CCN(C[C@@H]2NCCC[C@H]2O)CC1. The van der Waals surface area contributed by atoms with Gasteiger partial charge in [-0.25, -0.2) is 0 Å². The fourth-order valence-electron chi connectivity index (χ4n) is 2.74. The van der Waals surface area contributed by atoms with Crippen molar-refractivity contribution in [1.29, 1.82) is 0 Å². The average Bonchev–Trinajstić information content (AvgIpc) is 2.35. The molecule has 0 unspecified atom stereocenters. The van der Waals surface area contributed by atoms with Crippen LogP contribution in [0.1, 0.15) is 12.8 Å². The normalized spacial score (nSPS) is 32.8. The molecule has 2 heterocycles. The topological polar surface area (TPSA) is 59.0 Å². The minimum Gasteiger partial charge on any atom is -0.395 e. The molecule has 2 rings (SSSR count). The van der Waals surface area contributed by atoms with Gasteiger partial charge >= 0.3 is 0 Å². The first-order chi connectivity index (χ1) is 8.29. The van der Waals surface area contributed by atoms with Crippen LogP contribution in [-0.4, -0.2) is 84.6 Å². The van der Waals surface area contributed by atoms with Crippen LogP contribution in [0.3, 0.4) is 0 Å². The van der Waals surface area contributed by atoms with E-state index in [0.29, 0.717) is 0 Å². The highest BCUT2D eigenvalue weighted by Gasteiger charge is 2.26. The molecular formula is C12H25N3O2. The van der Waals surface area contributed by atoms with Gasteiger partial charge in [-0.2, -0.15) is 0 Å². The molecule has 100 valence electrons. The molecular weight excluding hydrogens is 218 g/mol. The largest absolute Gasteiger partial charge is 0.395 e. The minimum atomic E-state index is -0.181. The molecule has 0 saturated carbocycles. The van der Waals surface area contributed by atoms with Crippen LogP contribution in [0.2, 0.25) is 0 Å². The van der Waals surface area contributed by atoms with E-state index in [1.807, 2.05) is 0 Å². The molecule has 5 heteroatoms. The summed E-state index contributed by atoms with van der Waals surface area (Å²) >= 11 is 0. The van der Waals surface area contributed by atoms with Crippen molar-refractivity contribution in [3.63, 3.8) is 0 Å². The predicted molar refractivity (Wildman–Crippen MR) is 67.0 cm³/mol. The van der Waals surface area contributed by atoms with E-state index in [0.717, 1.165) is 58.7 Å². The average molecular weight is 243 g/mol. The van der Waals surface area contributed by atoms with Crippen molar-refractivity contribution in [2.75, 3.05) is 52.4 Å². The summed E-state index contributed by atoms with van der Waals surface area (Å²) in [5.74, 6) is 0. The number of rotatable bonds is 4. The Balaban J connectivity index is 1.70. The van der Waals surface area contributed by atoms with E-state index in [1.165, 1.54) is 0 Å². The highest BCUT2D eigenvalue weighted by atomic mass is 16.3. The fourth-order valence-corrected chi connectivity index (χ4v) is 2.74. The molecule has 2 atom stereocenters. The standard InChI is InChI=1S/C12H25N3O2/c16-9-8-14-4-6-15(7-5-14)10-11-12(17)2-1-3-13-11/h11-13,16-17H,1-10H2/t11-,12+/m0/s1. The van der Waals surface area contributed by atoms with Gasteiger partial charge in [0, 0.05) is 45.3 Å². The lowest BCUT2D eigenvalue weighted by Gasteiger charge is -2.38. The van der Waals surface area contributed by atoms with Gasteiger partial charge in [0.25, 0.3) is 0 Å². The van der Waals surface area contributed by atoms with E-state index in [2.05, 4.69) is 15.1 Å². The maximum Gasteiger partial charge on any atom is 0.0706 e. The number of aliphatic hydroxyl groups is 2. The van der Waals surface area contributed by atoms with Gasteiger partial charge < -0.3 is 15.5 Å². The monoisotopic (exact) mass is 243 g/mol. The first-order valence-electron chi connectivity index (χ1n) is 6.76. The number of hydrogen-bond donors (Lipinski definition) is 3. The van der Waals surface area contributed by atoms with E-state index < -0.39 is 0 Å². The molecule has 2 fully saturated rings. The summed E-state index contributed by atoms with van der Waals surface area (Å²) in [5, 5.41) is 22.2. The Hall–Kier alpha value is -0.200. The Kier molecular flexibility index (Phi) is 5.18. The molecule has 0 aliphatic carbocycles. The molecule has 0 aromatic carbocycles. The highest BCUT2D eigenvalue weighted by Crippen LogP contribution is 2.11. The molecule has 5 nitrogen and oxygen atoms in total. The Bertz CT molecular complexity index is 220. The van der Waals surface area contributed by atoms with Gasteiger partial charge in [0.05, 0.1) is 12.7 Å². The van der Waals surface area contributed by atoms with Crippen molar-refractivity contribution in [3.05, 3.63) is 0 Å². The molecule has 2 saturated heterocycles. The van der Waals surface area contributed by atoms with Crippen molar-refractivity contribution in [1.82, 2.24) is 15.1 Å². The first-order valence-corrected chi connectivity index (χ1v) is 6.76. The molecule has 2 aliphatic heterocycles. The number of hydrogen-bond acceptors (Lipinski definition) is 5. The van der Waals surface area contributed by atoms with Crippen LogP contribution >= 0.6 is 0 Å². The Morgan fingerprint density at radius 2 is 1.82 bits per heavy atom. The Labute approximate surface area is 103 Å². The molecule has 0 radical (unpaired) electrons. The smallest absolute Gasteiger partial charge is 0.0706 e. The molecule has 3 N–H and O–H groups in total. The fraction of sp³-hybridized carbons (Fsp3) is 1.00. The lowest BCUT2D eigenvalue weighted by atomic mass is 10.0. The number of aliphatic hydroxyl groups excluding tert-OH is 2. The maximum absolute atomic E-state index is 9.90. The van der Waals surface area contributed by atoms with E-state index in [-0.39, 0.29) is 18.8 Å². The van der Waals surface area contributed by atoms with Crippen molar-refractivity contribution in [2.45, 2.75) is 25.0 Å². The lowest BCUT2D eigenvalue weighted by molar-refractivity contribution is 0.0539. The van der Waals surface area contributed by atoms with Crippen LogP contribution in [0.15, 0.2) is 0 Å². The zero-order valence-electron chi connectivity index (χ0n) is 10.5. The van der Waals surface area contributed by atoms with Crippen molar-refractivity contribution < 1.29 is 10.2 Å². The number of piperazine rings is 1. The summed E-state index contributed by atoms with van der Waals surface area (Å²) in [4.78, 5) is 4.71. The quantitative estimate of drug-likeness (QED) is 0.573. The van der Waals surface area contributed by atoms with E-state index in [4.69, 9.17) is 5.11 Å². The summed E-state index contributed by atoms with van der Waals surface area (Å²) in [7, 11) is 0. The van der Waals surface area contributed by atoms with Crippen LogP contribution in [0.4, 0.5) is 0 Å². The van der Waals surface area contributed by atoms with Crippen molar-refractivity contribution >= 4 is 0 Å². The molecule has 0 aromatic rings. The second-order valence-electron chi connectivity index (χ2n) is 5.14. The van der Waals surface area contributed by atoms with Gasteiger partial charge in [-0.1, -0.05) is 0 Å². The van der Waals surface area contributed by atoms with Gasteiger partial charge in [0.15, 0.2) is 0 Å². The number of piperidine rings is 1. The van der Waals surface area contributed by atoms with Gasteiger partial charge in [-0.05, 0) is 19.4 Å². The number of nitrogens with zero attached hydrogens (tertiary/aromatic N) is 2. The molecule has 17 heavy (non-hydrogen) atoms. The number of β-amino-alcohol motifs (C(OH)–C–C–N with tert-alkyl or cyclic N) is 1. The van der Waals surface area contributed by atoms with Crippen LogP contribution in [0, 0.1) is 0 Å². The number of nitrogens with one attached hydrogen (secondary N) is 1. The zero-order valence-corrected chi connectivity index (χ0v) is 10.5. The highest BCUT2D eigenvalue weighted by molar-refractivity contribution is 4.85. The second-order valence-corrected chi connectivity index (χ2v) is 5.14. The summed E-state index contributed by atoms with van der Waals surface area (Å²) in [5.41, 5.74) is 0. The van der Waals surface area contributed by atoms with Gasteiger partial charge in [0.2, 0.25) is 0 Å². The van der Waals surface area contributed by atoms with Gasteiger partial charge in [0.1, 0.15) is 0 Å². The van der Waals surface area contributed by atoms with Crippen LogP contribution in [-0.2, 0) is 0 Å². The van der Waals surface area contributed by atoms with E-state index >= 15 is 0 Å². The lowest BCUT2D eigenvalue weighted by Crippen LogP contribution is -2.55. The molecule has 0 spiro atoms. The van der Waals surface area contributed by atoms with Crippen LogP contribution < -0.4 is 5.32 Å². The summed E-state index contributed by atoms with van der Waals surface area (Å²) < 4.78 is 0. The minimum absolute atomic E-state index is 0.181. The zero-order chi connectivity index (χ0) is 12.1. The molecule has 0 bridgehead atoms. The molecule has 2 aliphatic rings. The predicted octanol–water partition coefficient (Wildman–Crippen LogP) is -1.29. The third-order valence-electron chi connectivity index (χ3n) is 3.88. The van der Waals surface area contributed by atoms with Gasteiger partial charge in [-0.15, -0.1) is 0 Å². The third kappa shape index (κ3) is 3.89. The summed E-state index contributed by atoms with van der Waals surface area (Å²) in [6.45, 7) is 7.18. The van der Waals surface area contributed by atoms with Crippen LogP contribution in [0.5, 0.6) is 0 Å². The Morgan fingerprint density at radius 1 is 1.12 bits per heavy atom. The third-order valence-corrected chi connectivity index (χ3v) is 3.88.